The van der Waals surface area contributed by atoms with Gasteiger partial charge in [0.15, 0.2) is 6.61 Å². The number of nitrogens with zero attached hydrogens (tertiary/aromatic N) is 1. The molecule has 29 heavy (non-hydrogen) atoms. The molecule has 0 radical (unpaired) electrons. The Hall–Kier alpha value is -2.93. The van der Waals surface area contributed by atoms with E-state index >= 15 is 0 Å². The summed E-state index contributed by atoms with van der Waals surface area (Å²) >= 11 is 5.85. The highest BCUT2D eigenvalue weighted by molar-refractivity contribution is 6.33. The Balaban J connectivity index is 1.56. The molecule has 0 aromatic heterocycles. The quantitative estimate of drug-likeness (QED) is 0.727. The zero-order valence-electron chi connectivity index (χ0n) is 15.8. The Morgan fingerprint density at radius 2 is 2.03 bits per heavy atom. The fourth-order valence-electron chi connectivity index (χ4n) is 3.20. The molecular weight excluding hydrogens is 399 g/mol. The normalized spacial score (nSPS) is 16.0. The topological polar surface area (TPSA) is 75.7 Å². The van der Waals surface area contributed by atoms with Crippen LogP contribution in [0.15, 0.2) is 42.5 Å². The van der Waals surface area contributed by atoms with Crippen LogP contribution in [-0.4, -0.2) is 30.9 Å². The SMILES string of the molecule is CCc1ccccc1N1C[C@H](C(=O)OCC(=O)Nc2ccc(F)cc2Cl)CC1=O. The summed E-state index contributed by atoms with van der Waals surface area (Å²) in [6, 6.07) is 11.1. The summed E-state index contributed by atoms with van der Waals surface area (Å²) in [5, 5.41) is 2.49. The van der Waals surface area contributed by atoms with Crippen molar-refractivity contribution < 1.29 is 23.5 Å². The maximum atomic E-state index is 13.0. The number of halogens is 2. The smallest absolute Gasteiger partial charge is 0.311 e. The number of hydrogen-bond acceptors (Lipinski definition) is 4. The standard InChI is InChI=1S/C21H20ClFN2O4/c1-2-13-5-3-4-6-18(13)25-11-14(9-20(25)27)21(28)29-12-19(26)24-17-8-7-15(23)10-16(17)22/h3-8,10,14H,2,9,11-12H2,1H3,(H,24,26)/t14-/m1/s1. The van der Waals surface area contributed by atoms with E-state index in [4.69, 9.17) is 16.3 Å². The number of carbonyl (C=O) groups is 3. The van der Waals surface area contributed by atoms with Crippen molar-refractivity contribution in [1.82, 2.24) is 0 Å². The average Bonchev–Trinajstić information content (AvgIpc) is 3.09. The van der Waals surface area contributed by atoms with Gasteiger partial charge < -0.3 is 15.0 Å². The monoisotopic (exact) mass is 418 g/mol. The lowest BCUT2D eigenvalue weighted by atomic mass is 10.1. The molecule has 0 bridgehead atoms. The molecule has 2 aromatic rings. The number of hydrogen-bond donors (Lipinski definition) is 1. The van der Waals surface area contributed by atoms with Crippen molar-refractivity contribution in [3.8, 4) is 0 Å². The van der Waals surface area contributed by atoms with Gasteiger partial charge in [-0.2, -0.15) is 0 Å². The van der Waals surface area contributed by atoms with Crippen LogP contribution in [0, 0.1) is 11.7 Å². The molecule has 1 fully saturated rings. The molecular formula is C21H20ClFN2O4. The molecule has 0 aliphatic carbocycles. The molecule has 1 atom stereocenters. The maximum absolute atomic E-state index is 13.0. The van der Waals surface area contributed by atoms with Gasteiger partial charge in [-0.1, -0.05) is 36.7 Å². The number of ether oxygens (including phenoxy) is 1. The Morgan fingerprint density at radius 1 is 1.28 bits per heavy atom. The highest BCUT2D eigenvalue weighted by atomic mass is 35.5. The molecule has 1 N–H and O–H groups in total. The minimum Gasteiger partial charge on any atom is -0.455 e. The number of benzene rings is 2. The van der Waals surface area contributed by atoms with Crippen molar-refractivity contribution in [2.75, 3.05) is 23.4 Å². The second kappa shape index (κ2) is 9.05. The summed E-state index contributed by atoms with van der Waals surface area (Å²) < 4.78 is 18.1. The second-order valence-electron chi connectivity index (χ2n) is 6.67. The zero-order valence-corrected chi connectivity index (χ0v) is 16.5. The van der Waals surface area contributed by atoms with Gasteiger partial charge in [0.2, 0.25) is 5.91 Å². The number of anilines is 2. The van der Waals surface area contributed by atoms with Crippen LogP contribution in [0.2, 0.25) is 5.02 Å². The number of amides is 2. The van der Waals surface area contributed by atoms with E-state index in [1.54, 1.807) is 4.90 Å². The van der Waals surface area contributed by atoms with E-state index < -0.39 is 30.2 Å². The lowest BCUT2D eigenvalue weighted by Gasteiger charge is -2.19. The predicted octanol–water partition coefficient (Wildman–Crippen LogP) is 3.58. The van der Waals surface area contributed by atoms with Gasteiger partial charge in [-0.05, 0) is 36.2 Å². The lowest BCUT2D eigenvalue weighted by Crippen LogP contribution is -2.28. The van der Waals surface area contributed by atoms with Gasteiger partial charge in [-0.15, -0.1) is 0 Å². The summed E-state index contributed by atoms with van der Waals surface area (Å²) in [5.41, 5.74) is 2.02. The summed E-state index contributed by atoms with van der Waals surface area (Å²) in [7, 11) is 0. The molecule has 1 aliphatic heterocycles. The van der Waals surface area contributed by atoms with Crippen molar-refractivity contribution in [3.05, 3.63) is 58.9 Å². The fraction of sp³-hybridized carbons (Fsp3) is 0.286. The third kappa shape index (κ3) is 4.92. The molecule has 152 valence electrons. The van der Waals surface area contributed by atoms with E-state index in [1.165, 1.54) is 6.07 Å². The Kier molecular flexibility index (Phi) is 6.49. The molecule has 1 aliphatic rings. The van der Waals surface area contributed by atoms with Gasteiger partial charge >= 0.3 is 5.97 Å². The van der Waals surface area contributed by atoms with E-state index in [0.29, 0.717) is 0 Å². The molecule has 0 unspecified atom stereocenters. The first-order chi connectivity index (χ1) is 13.9. The van der Waals surface area contributed by atoms with Crippen LogP contribution in [0.1, 0.15) is 18.9 Å². The number of para-hydroxylation sites is 1. The Labute approximate surface area is 172 Å². The number of esters is 1. The van der Waals surface area contributed by atoms with Crippen molar-refractivity contribution >= 4 is 40.8 Å². The molecule has 8 heteroatoms. The summed E-state index contributed by atoms with van der Waals surface area (Å²) in [5.74, 6) is -2.55. The molecule has 3 rings (SSSR count). The third-order valence-corrected chi connectivity index (χ3v) is 4.99. The van der Waals surface area contributed by atoms with Crippen LogP contribution < -0.4 is 10.2 Å². The Bertz CT molecular complexity index is 950. The third-order valence-electron chi connectivity index (χ3n) is 4.67. The van der Waals surface area contributed by atoms with Gasteiger partial charge in [0, 0.05) is 18.7 Å². The second-order valence-corrected chi connectivity index (χ2v) is 7.07. The van der Waals surface area contributed by atoms with E-state index in [0.717, 1.165) is 29.8 Å². The summed E-state index contributed by atoms with van der Waals surface area (Å²) in [6.45, 7) is 1.68. The van der Waals surface area contributed by atoms with Crippen LogP contribution >= 0.6 is 11.6 Å². The summed E-state index contributed by atoms with van der Waals surface area (Å²) in [6.07, 6.45) is 0.795. The van der Waals surface area contributed by atoms with Crippen molar-refractivity contribution in [3.63, 3.8) is 0 Å². The largest absolute Gasteiger partial charge is 0.455 e. The van der Waals surface area contributed by atoms with Crippen LogP contribution in [0.3, 0.4) is 0 Å². The highest BCUT2D eigenvalue weighted by Gasteiger charge is 2.37. The number of aryl methyl sites for hydroxylation is 1. The molecule has 0 saturated carbocycles. The van der Waals surface area contributed by atoms with Crippen LogP contribution in [0.4, 0.5) is 15.8 Å². The minimum atomic E-state index is -0.644. The van der Waals surface area contributed by atoms with E-state index in [1.807, 2.05) is 31.2 Å². The zero-order chi connectivity index (χ0) is 21.0. The van der Waals surface area contributed by atoms with Crippen LogP contribution in [0.5, 0.6) is 0 Å². The lowest BCUT2D eigenvalue weighted by molar-refractivity contribution is -0.151. The molecule has 1 saturated heterocycles. The summed E-state index contributed by atoms with van der Waals surface area (Å²) in [4.78, 5) is 38.3. The molecule has 1 heterocycles. The van der Waals surface area contributed by atoms with Crippen molar-refractivity contribution in [2.24, 2.45) is 5.92 Å². The minimum absolute atomic E-state index is 0.0301. The number of nitrogens with one attached hydrogen (secondary N) is 1. The van der Waals surface area contributed by atoms with E-state index in [2.05, 4.69) is 5.32 Å². The van der Waals surface area contributed by atoms with Crippen LogP contribution in [0.25, 0.3) is 0 Å². The van der Waals surface area contributed by atoms with Crippen molar-refractivity contribution in [2.45, 2.75) is 19.8 Å². The van der Waals surface area contributed by atoms with Gasteiger partial charge in [-0.25, -0.2) is 4.39 Å². The molecule has 6 nitrogen and oxygen atoms in total. The molecule has 2 amide bonds. The molecule has 2 aromatic carbocycles. The fourth-order valence-corrected chi connectivity index (χ4v) is 3.42. The van der Waals surface area contributed by atoms with Gasteiger partial charge in [0.1, 0.15) is 5.82 Å². The van der Waals surface area contributed by atoms with Crippen molar-refractivity contribution in [1.29, 1.82) is 0 Å². The van der Waals surface area contributed by atoms with E-state index in [9.17, 15) is 18.8 Å². The predicted molar refractivity (Wildman–Crippen MR) is 107 cm³/mol. The number of rotatable bonds is 6. The highest BCUT2D eigenvalue weighted by Crippen LogP contribution is 2.29. The first kappa shape index (κ1) is 20.8. The first-order valence-electron chi connectivity index (χ1n) is 9.18. The maximum Gasteiger partial charge on any atom is 0.311 e. The van der Waals surface area contributed by atoms with Gasteiger partial charge in [0.25, 0.3) is 5.91 Å². The van der Waals surface area contributed by atoms with Crippen LogP contribution in [-0.2, 0) is 25.5 Å². The van der Waals surface area contributed by atoms with E-state index in [-0.39, 0.29) is 29.6 Å². The first-order valence-corrected chi connectivity index (χ1v) is 9.56. The average molecular weight is 419 g/mol. The molecule has 0 spiro atoms. The van der Waals surface area contributed by atoms with Gasteiger partial charge in [-0.3, -0.25) is 14.4 Å². The Morgan fingerprint density at radius 3 is 2.76 bits per heavy atom. The number of carbonyl (C=O) groups excluding carboxylic acids is 3. The van der Waals surface area contributed by atoms with Gasteiger partial charge in [0.05, 0.1) is 16.6 Å².